The molecule has 13 nitrogen and oxygen atoms in total. The fraction of sp³-hybridized carbons (Fsp3) is 0.750. The Bertz CT molecular complexity index is 1320. The normalized spacial score (nSPS) is 26.3. The molecule has 1 aromatic rings. The van der Waals surface area contributed by atoms with E-state index >= 15 is 0 Å². The van der Waals surface area contributed by atoms with Crippen LogP contribution in [-0.2, 0) is 16.1 Å². The second-order valence-corrected chi connectivity index (χ2v) is 18.9. The van der Waals surface area contributed by atoms with Crippen molar-refractivity contribution in [3.63, 3.8) is 0 Å². The average molecular weight is 607 g/mol. The molecule has 2 aliphatic carbocycles. The first-order valence-corrected chi connectivity index (χ1v) is 18.7. The minimum Gasteiger partial charge on any atom is -0.494 e. The van der Waals surface area contributed by atoms with E-state index in [9.17, 15) is 29.4 Å². The number of unbranched alkanes of at least 4 members (excludes halogenated alkanes) is 1. The molecule has 3 amide bonds. The number of nitrogens with zero attached hydrogens (tertiary/aromatic N) is 4. The third-order valence-electron chi connectivity index (χ3n) is 8.96. The van der Waals surface area contributed by atoms with Crippen LogP contribution in [0.15, 0.2) is 9.59 Å². The number of nitrogen functional groups attached to an aromatic ring is 1. The number of amides is 3. The van der Waals surface area contributed by atoms with Gasteiger partial charge in [0.1, 0.15) is 23.7 Å². The first kappa shape index (κ1) is 32.0. The number of rotatable bonds is 12. The summed E-state index contributed by atoms with van der Waals surface area (Å²) < 4.78 is 7.98. The molecule has 0 bridgehead atoms. The van der Waals surface area contributed by atoms with E-state index in [1.165, 1.54) is 4.90 Å². The molecule has 1 saturated heterocycles. The number of carbonyl (C=O) groups is 2. The van der Waals surface area contributed by atoms with Gasteiger partial charge in [-0.15, -0.1) is 0 Å². The van der Waals surface area contributed by atoms with Crippen LogP contribution in [0.3, 0.4) is 0 Å². The molecule has 1 aromatic heterocycles. The zero-order valence-electron chi connectivity index (χ0n) is 25.2. The topological polar surface area (TPSA) is 184 Å². The summed E-state index contributed by atoms with van der Waals surface area (Å²) in [6.07, 6.45) is 3.29. The van der Waals surface area contributed by atoms with Crippen LogP contribution in [0, 0.1) is 11.3 Å². The summed E-state index contributed by atoms with van der Waals surface area (Å²) in [4.78, 5) is 56.2. The van der Waals surface area contributed by atoms with Gasteiger partial charge in [0.25, 0.3) is 11.5 Å². The molecule has 4 rings (SSSR count). The molecule has 5 N–H and O–H groups in total. The van der Waals surface area contributed by atoms with Crippen molar-refractivity contribution >= 4 is 25.8 Å². The van der Waals surface area contributed by atoms with Crippen molar-refractivity contribution in [2.24, 2.45) is 11.7 Å². The quantitative estimate of drug-likeness (QED) is 0.0915. The summed E-state index contributed by atoms with van der Waals surface area (Å²) in [6, 6.07) is 0.0723. The van der Waals surface area contributed by atoms with Crippen LogP contribution in [0.1, 0.15) is 69.9 Å². The van der Waals surface area contributed by atoms with Crippen molar-refractivity contribution in [2.45, 2.75) is 108 Å². The second kappa shape index (κ2) is 12.3. The summed E-state index contributed by atoms with van der Waals surface area (Å²) in [5.41, 5.74) is 2.82. The molecule has 3 aliphatic rings. The fourth-order valence-corrected chi connectivity index (χ4v) is 7.13. The van der Waals surface area contributed by atoms with Crippen LogP contribution in [0.25, 0.3) is 0 Å². The predicted molar refractivity (Wildman–Crippen MR) is 159 cm³/mol. The van der Waals surface area contributed by atoms with Gasteiger partial charge in [-0.1, -0.05) is 33.0 Å². The maximum atomic E-state index is 13.5. The monoisotopic (exact) mass is 606 g/mol. The second-order valence-electron chi connectivity index (χ2n) is 13.3. The standard InChI is InChI=1S/C28H46N6O7Si/c1-5-6-11-31-23(36)21(22(29)30)24(37)34(27(31)40)19-9-7-18(8-10-19)16-33-26(39)32(17-41-12-13-42(2,3)4)25(38)28(33)14-20(35)15-28/h18-20,35-36H,5-17H2,1-4H3,(H3,29,30). The average Bonchev–Trinajstić information content (AvgIpc) is 3.08. The number of urea groups is 1. The van der Waals surface area contributed by atoms with Crippen LogP contribution >= 0.6 is 0 Å². The van der Waals surface area contributed by atoms with Crippen molar-refractivity contribution in [3.8, 4) is 5.88 Å². The van der Waals surface area contributed by atoms with Crippen molar-refractivity contribution in [3.05, 3.63) is 26.4 Å². The van der Waals surface area contributed by atoms with Gasteiger partial charge in [-0.2, -0.15) is 0 Å². The lowest BCUT2D eigenvalue weighted by Gasteiger charge is -2.46. The number of nitrogens with two attached hydrogens (primary N) is 1. The van der Waals surface area contributed by atoms with Gasteiger partial charge in [0.05, 0.1) is 6.10 Å². The van der Waals surface area contributed by atoms with Crippen molar-refractivity contribution in [1.82, 2.24) is 18.9 Å². The first-order chi connectivity index (χ1) is 19.7. The minimum atomic E-state index is -1.33. The highest BCUT2D eigenvalue weighted by Gasteiger charge is 2.63. The molecule has 0 radical (unpaired) electrons. The molecule has 42 heavy (non-hydrogen) atoms. The predicted octanol–water partition coefficient (Wildman–Crippen LogP) is 2.00. The molecule has 3 fully saturated rings. The molecule has 1 aliphatic heterocycles. The van der Waals surface area contributed by atoms with E-state index in [1.54, 1.807) is 4.90 Å². The Labute approximate surface area is 246 Å². The molecule has 0 aromatic carbocycles. The molecule has 2 heterocycles. The van der Waals surface area contributed by atoms with E-state index in [0.717, 1.165) is 21.6 Å². The lowest BCUT2D eigenvalue weighted by Crippen LogP contribution is -2.61. The van der Waals surface area contributed by atoms with Gasteiger partial charge in [0.15, 0.2) is 0 Å². The number of aliphatic hydroxyl groups excluding tert-OH is 1. The first-order valence-electron chi connectivity index (χ1n) is 15.0. The molecule has 0 unspecified atom stereocenters. The van der Waals surface area contributed by atoms with Gasteiger partial charge in [-0.3, -0.25) is 24.1 Å². The van der Waals surface area contributed by atoms with E-state index in [-0.39, 0.29) is 43.5 Å². The van der Waals surface area contributed by atoms with Gasteiger partial charge in [0.2, 0.25) is 5.88 Å². The number of aliphatic hydroxyl groups is 1. The molecule has 1 spiro atoms. The van der Waals surface area contributed by atoms with Gasteiger partial charge in [-0.05, 0) is 44.1 Å². The number of imide groups is 1. The van der Waals surface area contributed by atoms with Gasteiger partial charge < -0.3 is 25.6 Å². The fourth-order valence-electron chi connectivity index (χ4n) is 6.38. The van der Waals surface area contributed by atoms with Crippen LogP contribution in [0.2, 0.25) is 25.7 Å². The van der Waals surface area contributed by atoms with E-state index in [2.05, 4.69) is 19.6 Å². The van der Waals surface area contributed by atoms with Crippen molar-refractivity contribution in [1.29, 1.82) is 5.41 Å². The van der Waals surface area contributed by atoms with E-state index < -0.39 is 54.8 Å². The van der Waals surface area contributed by atoms with Crippen LogP contribution in [0.5, 0.6) is 5.88 Å². The zero-order chi connectivity index (χ0) is 31.0. The Hall–Kier alpha value is -2.97. The maximum absolute atomic E-state index is 13.5. The number of hydrogen-bond acceptors (Lipinski definition) is 8. The minimum absolute atomic E-state index is 0.0304. The third-order valence-corrected chi connectivity index (χ3v) is 10.7. The van der Waals surface area contributed by atoms with Crippen LogP contribution in [-0.4, -0.2) is 86.5 Å². The Morgan fingerprint density at radius 3 is 2.31 bits per heavy atom. The summed E-state index contributed by atoms with van der Waals surface area (Å²) in [5.74, 6) is -1.46. The highest BCUT2D eigenvalue weighted by atomic mass is 28.3. The van der Waals surface area contributed by atoms with Crippen LogP contribution in [0.4, 0.5) is 4.79 Å². The largest absolute Gasteiger partial charge is 0.494 e. The number of nitrogens with one attached hydrogen (secondary N) is 1. The Morgan fingerprint density at radius 1 is 1.12 bits per heavy atom. The van der Waals surface area contributed by atoms with Crippen LogP contribution < -0.4 is 17.0 Å². The van der Waals surface area contributed by atoms with E-state index in [1.807, 2.05) is 6.92 Å². The smallest absolute Gasteiger partial charge is 0.334 e. The number of aromatic nitrogens is 2. The third kappa shape index (κ3) is 6.06. The summed E-state index contributed by atoms with van der Waals surface area (Å²) >= 11 is 0. The number of carbonyl (C=O) groups excluding carboxylic acids is 2. The number of amidine groups is 1. The zero-order valence-corrected chi connectivity index (χ0v) is 26.2. The molecule has 234 valence electrons. The summed E-state index contributed by atoms with van der Waals surface area (Å²) in [6.45, 7) is 9.54. The van der Waals surface area contributed by atoms with E-state index in [0.29, 0.717) is 45.3 Å². The maximum Gasteiger partial charge on any atom is 0.334 e. The van der Waals surface area contributed by atoms with Gasteiger partial charge >= 0.3 is 11.7 Å². The molecular weight excluding hydrogens is 560 g/mol. The number of aromatic hydroxyl groups is 1. The summed E-state index contributed by atoms with van der Waals surface area (Å²) in [7, 11) is -1.33. The highest BCUT2D eigenvalue weighted by molar-refractivity contribution is 6.76. The Morgan fingerprint density at radius 2 is 1.76 bits per heavy atom. The summed E-state index contributed by atoms with van der Waals surface area (Å²) in [5, 5.41) is 28.5. The molecule has 14 heteroatoms. The van der Waals surface area contributed by atoms with Gasteiger partial charge in [-0.25, -0.2) is 14.5 Å². The molecule has 0 atom stereocenters. The molecular formula is C28H46N6O7Si. The number of hydrogen-bond donors (Lipinski definition) is 4. The molecule has 2 saturated carbocycles. The van der Waals surface area contributed by atoms with Gasteiger partial charge in [0, 0.05) is 46.7 Å². The van der Waals surface area contributed by atoms with Crippen molar-refractivity contribution in [2.75, 3.05) is 19.9 Å². The Balaban J connectivity index is 1.48. The number of ether oxygens (including phenoxy) is 1. The SMILES string of the molecule is CCCCn1c(O)c(C(=N)N)c(=O)n(C2CCC(CN3C(=O)N(COCC[Si](C)(C)C)C(=O)C34CC(O)C4)CC2)c1=O. The van der Waals surface area contributed by atoms with Crippen molar-refractivity contribution < 1.29 is 24.5 Å². The van der Waals surface area contributed by atoms with E-state index in [4.69, 9.17) is 15.9 Å². The lowest BCUT2D eigenvalue weighted by atomic mass is 9.72. The highest BCUT2D eigenvalue weighted by Crippen LogP contribution is 2.45. The lowest BCUT2D eigenvalue weighted by molar-refractivity contribution is -0.147. The Kier molecular flexibility index (Phi) is 9.38.